The fourth-order valence-electron chi connectivity index (χ4n) is 4.51. The minimum absolute atomic E-state index is 0.0552. The average Bonchev–Trinajstić information content (AvgIpc) is 3.01. The van der Waals surface area contributed by atoms with Gasteiger partial charge in [-0.05, 0) is 31.7 Å². The van der Waals surface area contributed by atoms with Crippen LogP contribution in [-0.2, 0) is 11.3 Å². The number of aromatic nitrogens is 3. The summed E-state index contributed by atoms with van der Waals surface area (Å²) in [5.74, 6) is 1.52. The molecule has 1 N–H and O–H groups in total. The monoisotopic (exact) mass is 412 g/mol. The Balaban J connectivity index is 1.82. The zero-order valence-corrected chi connectivity index (χ0v) is 17.9. The maximum atomic E-state index is 13.0. The Morgan fingerprint density at radius 1 is 1.17 bits per heavy atom. The standard InChI is InChI=1S/C22H28N4O4/c1-13-7-5-6-8-16(13)23-21(28)12-25-17-11-19(30-4)18(29-3)10-15(17)22-24-20(27)9-14(2)26(22)25/h9-11,13,16H,5-8,12H2,1-4H3,(H,23,28). The molecular weight excluding hydrogens is 384 g/mol. The van der Waals surface area contributed by atoms with Crippen molar-refractivity contribution in [2.45, 2.75) is 52.1 Å². The lowest BCUT2D eigenvalue weighted by molar-refractivity contribution is -0.123. The highest BCUT2D eigenvalue weighted by molar-refractivity contribution is 5.96. The molecule has 8 nitrogen and oxygen atoms in total. The van der Waals surface area contributed by atoms with E-state index in [4.69, 9.17) is 9.47 Å². The number of hydrogen-bond donors (Lipinski definition) is 1. The summed E-state index contributed by atoms with van der Waals surface area (Å²) in [5, 5.41) is 3.94. The van der Waals surface area contributed by atoms with Crippen LogP contribution in [-0.4, -0.2) is 40.3 Å². The number of rotatable bonds is 5. The van der Waals surface area contributed by atoms with E-state index in [0.29, 0.717) is 28.8 Å². The van der Waals surface area contributed by atoms with Gasteiger partial charge < -0.3 is 14.8 Å². The van der Waals surface area contributed by atoms with Crippen LogP contribution in [0.25, 0.3) is 16.6 Å². The molecule has 1 aromatic carbocycles. The van der Waals surface area contributed by atoms with E-state index in [1.54, 1.807) is 20.3 Å². The number of hydrogen-bond acceptors (Lipinski definition) is 5. The third kappa shape index (κ3) is 3.51. The smallest absolute Gasteiger partial charge is 0.273 e. The number of carbonyl (C=O) groups is 1. The van der Waals surface area contributed by atoms with Crippen molar-refractivity contribution in [2.75, 3.05) is 14.2 Å². The third-order valence-corrected chi connectivity index (χ3v) is 6.10. The molecule has 1 saturated carbocycles. The average molecular weight is 412 g/mol. The van der Waals surface area contributed by atoms with Crippen LogP contribution in [0, 0.1) is 12.8 Å². The molecule has 3 aromatic rings. The fraction of sp³-hybridized carbons (Fsp3) is 0.500. The number of nitrogens with one attached hydrogen (secondary N) is 1. The van der Waals surface area contributed by atoms with Gasteiger partial charge in [-0.1, -0.05) is 19.8 Å². The predicted molar refractivity (Wildman–Crippen MR) is 114 cm³/mol. The lowest BCUT2D eigenvalue weighted by Gasteiger charge is -2.29. The SMILES string of the molecule is COc1cc2c(cc1OC)n(CC(=O)NC1CCCCC1C)n1c(C)cc(=O)nc21. The Kier molecular flexibility index (Phi) is 5.40. The maximum absolute atomic E-state index is 13.0. The Bertz CT molecular complexity index is 1160. The molecule has 1 aliphatic rings. The van der Waals surface area contributed by atoms with E-state index in [1.165, 1.54) is 12.5 Å². The Hall–Kier alpha value is -3.03. The van der Waals surface area contributed by atoms with Gasteiger partial charge in [0, 0.05) is 29.3 Å². The summed E-state index contributed by atoms with van der Waals surface area (Å²) < 4.78 is 14.5. The van der Waals surface area contributed by atoms with Gasteiger partial charge in [0.15, 0.2) is 17.1 Å². The molecule has 0 aliphatic heterocycles. The molecule has 1 amide bonds. The van der Waals surface area contributed by atoms with Crippen LogP contribution in [0.4, 0.5) is 0 Å². The first-order valence-electron chi connectivity index (χ1n) is 10.4. The van der Waals surface area contributed by atoms with E-state index >= 15 is 0 Å². The molecule has 8 heteroatoms. The zero-order chi connectivity index (χ0) is 21.4. The van der Waals surface area contributed by atoms with Gasteiger partial charge in [-0.15, -0.1) is 0 Å². The van der Waals surface area contributed by atoms with Crippen LogP contribution >= 0.6 is 0 Å². The molecule has 2 atom stereocenters. The minimum atomic E-state index is -0.318. The fourth-order valence-corrected chi connectivity index (χ4v) is 4.51. The highest BCUT2D eigenvalue weighted by Crippen LogP contribution is 2.34. The van der Waals surface area contributed by atoms with E-state index < -0.39 is 0 Å². The Labute approximate surface area is 174 Å². The molecule has 1 fully saturated rings. The number of fused-ring (bicyclic) bond motifs is 3. The van der Waals surface area contributed by atoms with Crippen LogP contribution in [0.3, 0.4) is 0 Å². The normalized spacial score (nSPS) is 19.2. The molecular formula is C22H28N4O4. The molecule has 2 aromatic heterocycles. The summed E-state index contributed by atoms with van der Waals surface area (Å²) in [6.07, 6.45) is 4.52. The largest absolute Gasteiger partial charge is 0.493 e. The molecule has 0 saturated heterocycles. The van der Waals surface area contributed by atoms with Gasteiger partial charge >= 0.3 is 0 Å². The summed E-state index contributed by atoms with van der Waals surface area (Å²) >= 11 is 0. The van der Waals surface area contributed by atoms with Gasteiger partial charge in [0.2, 0.25) is 5.91 Å². The number of methoxy groups -OCH3 is 2. The molecule has 4 rings (SSSR count). The van der Waals surface area contributed by atoms with Crippen molar-refractivity contribution in [1.82, 2.24) is 19.5 Å². The summed E-state index contributed by atoms with van der Waals surface area (Å²) in [5.41, 5.74) is 1.63. The van der Waals surface area contributed by atoms with Gasteiger partial charge in [-0.2, -0.15) is 4.98 Å². The third-order valence-electron chi connectivity index (χ3n) is 6.10. The lowest BCUT2D eigenvalue weighted by Crippen LogP contribution is -2.42. The van der Waals surface area contributed by atoms with Crippen molar-refractivity contribution in [3.63, 3.8) is 0 Å². The lowest BCUT2D eigenvalue weighted by atomic mass is 9.86. The number of aryl methyl sites for hydroxylation is 1. The maximum Gasteiger partial charge on any atom is 0.273 e. The molecule has 0 spiro atoms. The van der Waals surface area contributed by atoms with Crippen molar-refractivity contribution in [1.29, 1.82) is 0 Å². The highest BCUT2D eigenvalue weighted by atomic mass is 16.5. The molecule has 0 bridgehead atoms. The quantitative estimate of drug-likeness (QED) is 0.696. The van der Waals surface area contributed by atoms with Crippen LogP contribution in [0.5, 0.6) is 11.5 Å². The highest BCUT2D eigenvalue weighted by Gasteiger charge is 2.24. The summed E-state index contributed by atoms with van der Waals surface area (Å²) in [6.45, 7) is 4.14. The second-order valence-corrected chi connectivity index (χ2v) is 8.09. The van der Waals surface area contributed by atoms with Crippen molar-refractivity contribution >= 4 is 22.5 Å². The summed E-state index contributed by atoms with van der Waals surface area (Å²) in [7, 11) is 3.13. The van der Waals surface area contributed by atoms with E-state index in [1.807, 2.05) is 22.2 Å². The summed E-state index contributed by atoms with van der Waals surface area (Å²) in [6, 6.07) is 5.29. The molecule has 1 aliphatic carbocycles. The number of benzene rings is 1. The Morgan fingerprint density at radius 2 is 1.87 bits per heavy atom. The number of carbonyl (C=O) groups excluding carboxylic acids is 1. The first-order valence-corrected chi connectivity index (χ1v) is 10.4. The van der Waals surface area contributed by atoms with Gasteiger partial charge in [-0.3, -0.25) is 14.3 Å². The molecule has 160 valence electrons. The topological polar surface area (TPSA) is 86.9 Å². The van der Waals surface area contributed by atoms with E-state index in [-0.39, 0.29) is 24.1 Å². The second-order valence-electron chi connectivity index (χ2n) is 8.09. The van der Waals surface area contributed by atoms with Crippen LogP contribution in [0.2, 0.25) is 0 Å². The number of ether oxygens (including phenoxy) is 2. The van der Waals surface area contributed by atoms with Gasteiger partial charge in [0.1, 0.15) is 6.54 Å². The Morgan fingerprint density at radius 3 is 2.57 bits per heavy atom. The van der Waals surface area contributed by atoms with E-state index in [2.05, 4.69) is 17.2 Å². The predicted octanol–water partition coefficient (Wildman–Crippen LogP) is 2.67. The second kappa shape index (κ2) is 8.01. The van der Waals surface area contributed by atoms with E-state index in [9.17, 15) is 9.59 Å². The zero-order valence-electron chi connectivity index (χ0n) is 17.9. The van der Waals surface area contributed by atoms with Crippen molar-refractivity contribution in [3.8, 4) is 11.5 Å². The van der Waals surface area contributed by atoms with Crippen LogP contribution in [0.15, 0.2) is 23.0 Å². The van der Waals surface area contributed by atoms with Gasteiger partial charge in [-0.25, -0.2) is 4.52 Å². The van der Waals surface area contributed by atoms with Crippen molar-refractivity contribution in [3.05, 3.63) is 34.2 Å². The first kappa shape index (κ1) is 20.3. The number of amides is 1. The van der Waals surface area contributed by atoms with Crippen LogP contribution < -0.4 is 20.3 Å². The minimum Gasteiger partial charge on any atom is -0.493 e. The van der Waals surface area contributed by atoms with Gasteiger partial charge in [0.25, 0.3) is 5.56 Å². The first-order chi connectivity index (χ1) is 14.4. The van der Waals surface area contributed by atoms with Crippen LogP contribution in [0.1, 0.15) is 38.3 Å². The van der Waals surface area contributed by atoms with E-state index in [0.717, 1.165) is 30.2 Å². The molecule has 2 heterocycles. The molecule has 0 radical (unpaired) electrons. The summed E-state index contributed by atoms with van der Waals surface area (Å²) in [4.78, 5) is 29.3. The van der Waals surface area contributed by atoms with Gasteiger partial charge in [0.05, 0.1) is 19.7 Å². The number of nitrogens with zero attached hydrogens (tertiary/aromatic N) is 3. The molecule has 2 unspecified atom stereocenters. The van der Waals surface area contributed by atoms with Crippen molar-refractivity contribution < 1.29 is 14.3 Å². The molecule has 30 heavy (non-hydrogen) atoms. The van der Waals surface area contributed by atoms with Crippen molar-refractivity contribution in [2.24, 2.45) is 5.92 Å².